The molecule has 0 radical (unpaired) electrons. The molecule has 20 heavy (non-hydrogen) atoms. The first-order chi connectivity index (χ1) is 9.45. The van der Waals surface area contributed by atoms with Gasteiger partial charge in [0, 0.05) is 31.9 Å². The van der Waals surface area contributed by atoms with E-state index in [4.69, 9.17) is 0 Å². The van der Waals surface area contributed by atoms with Crippen molar-refractivity contribution in [2.45, 2.75) is 18.9 Å². The second kappa shape index (κ2) is 4.89. The molecule has 3 fully saturated rings. The number of fused-ring (bicyclic) bond motifs is 4. The molecule has 110 valence electrons. The molecule has 7 heteroatoms. The van der Waals surface area contributed by atoms with Crippen molar-refractivity contribution in [2.75, 3.05) is 25.9 Å². The maximum absolute atomic E-state index is 12.5. The standard InChI is InChI=1S/C13H19N3O3S/c1-20(18,19)15-7-10-4-5-11(9-15)16(8-10)13(17)12-3-2-6-14-12/h2-3,6,10-11,14H,4-5,7-9H2,1H3/t10-,11+/m0/s1. The van der Waals surface area contributed by atoms with Crippen LogP contribution in [-0.4, -0.2) is 60.4 Å². The number of amides is 1. The molecule has 3 aliphatic heterocycles. The van der Waals surface area contributed by atoms with Crippen molar-refractivity contribution in [3.8, 4) is 0 Å². The SMILES string of the molecule is CS(=O)(=O)N1C[C@@H]2CC[C@H](C1)N(C(=O)c1ccc[nH]1)C2. The Balaban J connectivity index is 1.84. The van der Waals surface area contributed by atoms with E-state index in [2.05, 4.69) is 4.98 Å². The van der Waals surface area contributed by atoms with E-state index < -0.39 is 10.0 Å². The Kier molecular flexibility index (Phi) is 3.33. The molecule has 0 saturated carbocycles. The van der Waals surface area contributed by atoms with Gasteiger partial charge in [0.2, 0.25) is 10.0 Å². The summed E-state index contributed by atoms with van der Waals surface area (Å²) < 4.78 is 25.1. The van der Waals surface area contributed by atoms with E-state index in [-0.39, 0.29) is 17.9 Å². The molecule has 1 N–H and O–H groups in total. The van der Waals surface area contributed by atoms with Crippen molar-refractivity contribution in [3.05, 3.63) is 24.0 Å². The molecule has 3 saturated heterocycles. The van der Waals surface area contributed by atoms with Crippen molar-refractivity contribution in [2.24, 2.45) is 5.92 Å². The quantitative estimate of drug-likeness (QED) is 0.864. The first kappa shape index (κ1) is 13.6. The van der Waals surface area contributed by atoms with Gasteiger partial charge in [-0.15, -0.1) is 0 Å². The van der Waals surface area contributed by atoms with Gasteiger partial charge in [-0.1, -0.05) is 0 Å². The normalized spacial score (nSPS) is 27.6. The van der Waals surface area contributed by atoms with E-state index in [1.54, 1.807) is 18.3 Å². The zero-order valence-electron chi connectivity index (χ0n) is 11.4. The average molecular weight is 297 g/mol. The van der Waals surface area contributed by atoms with Gasteiger partial charge in [-0.25, -0.2) is 8.42 Å². The maximum atomic E-state index is 12.5. The number of aromatic amines is 1. The lowest BCUT2D eigenvalue weighted by molar-refractivity contribution is 0.0583. The van der Waals surface area contributed by atoms with Crippen molar-refractivity contribution in [1.29, 1.82) is 0 Å². The monoisotopic (exact) mass is 297 g/mol. The molecule has 2 atom stereocenters. The molecule has 6 nitrogen and oxygen atoms in total. The van der Waals surface area contributed by atoms with Gasteiger partial charge >= 0.3 is 0 Å². The van der Waals surface area contributed by atoms with Crippen molar-refractivity contribution >= 4 is 15.9 Å². The number of sulfonamides is 1. The van der Waals surface area contributed by atoms with Crippen LogP contribution in [0.25, 0.3) is 0 Å². The zero-order chi connectivity index (χ0) is 14.3. The number of piperidine rings is 1. The summed E-state index contributed by atoms with van der Waals surface area (Å²) in [4.78, 5) is 17.3. The van der Waals surface area contributed by atoms with Crippen LogP contribution in [0.2, 0.25) is 0 Å². The third-order valence-electron chi connectivity index (χ3n) is 4.24. The van der Waals surface area contributed by atoms with Gasteiger partial charge in [-0.05, 0) is 30.9 Å². The molecule has 0 aliphatic carbocycles. The van der Waals surface area contributed by atoms with Gasteiger partial charge in [-0.2, -0.15) is 4.31 Å². The van der Waals surface area contributed by atoms with Gasteiger partial charge in [0.15, 0.2) is 0 Å². The van der Waals surface area contributed by atoms with Gasteiger partial charge in [0.25, 0.3) is 5.91 Å². The van der Waals surface area contributed by atoms with Crippen molar-refractivity contribution in [3.63, 3.8) is 0 Å². The molecule has 0 unspecified atom stereocenters. The predicted octanol–water partition coefficient (Wildman–Crippen LogP) is 0.511. The van der Waals surface area contributed by atoms with Crippen LogP contribution in [0.1, 0.15) is 23.3 Å². The highest BCUT2D eigenvalue weighted by Gasteiger charge is 2.39. The average Bonchev–Trinajstić information content (AvgIpc) is 2.76. The smallest absolute Gasteiger partial charge is 0.270 e. The Morgan fingerprint density at radius 1 is 1.30 bits per heavy atom. The Morgan fingerprint density at radius 2 is 2.10 bits per heavy atom. The molecule has 1 amide bonds. The van der Waals surface area contributed by atoms with Gasteiger partial charge in [-0.3, -0.25) is 4.79 Å². The summed E-state index contributed by atoms with van der Waals surface area (Å²) in [7, 11) is -3.19. The zero-order valence-corrected chi connectivity index (χ0v) is 12.3. The van der Waals surface area contributed by atoms with E-state index in [9.17, 15) is 13.2 Å². The van der Waals surface area contributed by atoms with Crippen LogP contribution in [0.5, 0.6) is 0 Å². The van der Waals surface area contributed by atoms with Gasteiger partial charge in [0.1, 0.15) is 5.69 Å². The summed E-state index contributed by atoms with van der Waals surface area (Å²) in [6.45, 7) is 1.60. The summed E-state index contributed by atoms with van der Waals surface area (Å²) in [6, 6.07) is 3.54. The highest BCUT2D eigenvalue weighted by Crippen LogP contribution is 2.29. The van der Waals surface area contributed by atoms with Gasteiger partial charge in [0.05, 0.1) is 6.26 Å². The van der Waals surface area contributed by atoms with Crippen molar-refractivity contribution < 1.29 is 13.2 Å². The fraction of sp³-hybridized carbons (Fsp3) is 0.615. The lowest BCUT2D eigenvalue weighted by Crippen LogP contribution is -2.47. The van der Waals surface area contributed by atoms with Crippen LogP contribution in [-0.2, 0) is 10.0 Å². The summed E-state index contributed by atoms with van der Waals surface area (Å²) in [5.74, 6) is 0.211. The third kappa shape index (κ3) is 2.47. The van der Waals surface area contributed by atoms with Gasteiger partial charge < -0.3 is 9.88 Å². The minimum absolute atomic E-state index is 0.0146. The molecule has 4 rings (SSSR count). The second-order valence-electron chi connectivity index (χ2n) is 5.72. The topological polar surface area (TPSA) is 73.5 Å². The van der Waals surface area contributed by atoms with Crippen molar-refractivity contribution in [1.82, 2.24) is 14.2 Å². The summed E-state index contributed by atoms with van der Waals surface area (Å²) in [6.07, 6.45) is 4.84. The molecule has 1 aromatic heterocycles. The van der Waals surface area contributed by atoms with Crippen LogP contribution in [0.3, 0.4) is 0 Å². The number of nitrogens with one attached hydrogen (secondary N) is 1. The fourth-order valence-electron chi connectivity index (χ4n) is 3.18. The van der Waals surface area contributed by atoms with E-state index in [1.807, 2.05) is 4.90 Å². The Bertz CT molecular complexity index is 596. The number of hydrogen-bond acceptors (Lipinski definition) is 3. The number of H-pyrrole nitrogens is 1. The number of carbonyl (C=O) groups is 1. The predicted molar refractivity (Wildman–Crippen MR) is 74.8 cm³/mol. The first-order valence-corrected chi connectivity index (χ1v) is 8.69. The largest absolute Gasteiger partial charge is 0.357 e. The summed E-state index contributed by atoms with van der Waals surface area (Å²) >= 11 is 0. The Hall–Kier alpha value is -1.34. The summed E-state index contributed by atoms with van der Waals surface area (Å²) in [5.41, 5.74) is 0.573. The van der Waals surface area contributed by atoms with E-state index in [0.717, 1.165) is 12.8 Å². The first-order valence-electron chi connectivity index (χ1n) is 6.84. The van der Waals surface area contributed by atoms with E-state index >= 15 is 0 Å². The summed E-state index contributed by atoms with van der Waals surface area (Å²) in [5, 5.41) is 0. The third-order valence-corrected chi connectivity index (χ3v) is 5.47. The number of nitrogens with zero attached hydrogens (tertiary/aromatic N) is 2. The number of rotatable bonds is 2. The highest BCUT2D eigenvalue weighted by atomic mass is 32.2. The number of carbonyl (C=O) groups excluding carboxylic acids is 1. The van der Waals surface area contributed by atoms with Crippen LogP contribution < -0.4 is 0 Å². The van der Waals surface area contributed by atoms with Crippen LogP contribution in [0.15, 0.2) is 18.3 Å². The second-order valence-corrected chi connectivity index (χ2v) is 7.70. The molecular weight excluding hydrogens is 278 g/mol. The van der Waals surface area contributed by atoms with Crippen LogP contribution in [0, 0.1) is 5.92 Å². The molecule has 0 aromatic carbocycles. The molecule has 3 aliphatic rings. The fourth-order valence-corrected chi connectivity index (χ4v) is 4.10. The lowest BCUT2D eigenvalue weighted by atomic mass is 9.95. The molecule has 0 spiro atoms. The maximum Gasteiger partial charge on any atom is 0.270 e. The number of aromatic nitrogens is 1. The van der Waals surface area contributed by atoms with E-state index in [1.165, 1.54) is 10.6 Å². The minimum atomic E-state index is -3.19. The Morgan fingerprint density at radius 3 is 2.75 bits per heavy atom. The molecular formula is C13H19N3O3S. The molecule has 4 heterocycles. The molecule has 2 bridgehead atoms. The Labute approximate surface area is 118 Å². The lowest BCUT2D eigenvalue weighted by Gasteiger charge is -2.35. The molecule has 1 aromatic rings. The van der Waals surface area contributed by atoms with Crippen LogP contribution in [0.4, 0.5) is 0 Å². The number of hydrogen-bond donors (Lipinski definition) is 1. The van der Waals surface area contributed by atoms with Crippen LogP contribution >= 0.6 is 0 Å². The van der Waals surface area contributed by atoms with E-state index in [0.29, 0.717) is 25.3 Å². The minimum Gasteiger partial charge on any atom is -0.357 e. The highest BCUT2D eigenvalue weighted by molar-refractivity contribution is 7.88.